The summed E-state index contributed by atoms with van der Waals surface area (Å²) in [5.41, 5.74) is 5.19. The number of benzene rings is 2. The Morgan fingerprint density at radius 1 is 1.04 bits per heavy atom. The maximum Gasteiger partial charge on any atom is 0.269 e. The highest BCUT2D eigenvalue weighted by Gasteiger charge is 2.18. The number of nitro benzene ring substituents is 1. The van der Waals surface area contributed by atoms with Crippen molar-refractivity contribution in [2.75, 3.05) is 5.73 Å². The molecule has 3 N–H and O–H groups in total. The van der Waals surface area contributed by atoms with E-state index in [9.17, 15) is 25.4 Å². The van der Waals surface area contributed by atoms with Crippen molar-refractivity contribution in [1.29, 1.82) is 10.5 Å². The van der Waals surface area contributed by atoms with E-state index >= 15 is 0 Å². The van der Waals surface area contributed by atoms with E-state index in [2.05, 4.69) is 4.98 Å². The fraction of sp³-hybridized carbons (Fsp3) is 0. The minimum Gasteiger partial charge on any atom is -0.457 e. The van der Waals surface area contributed by atoms with Crippen molar-refractivity contribution in [2.45, 2.75) is 0 Å². The van der Waals surface area contributed by atoms with Crippen molar-refractivity contribution in [3.05, 3.63) is 80.1 Å². The third kappa shape index (κ3) is 3.36. The molecule has 0 radical (unpaired) electrons. The number of nitrogens with two attached hydrogens (primary N) is 1. The van der Waals surface area contributed by atoms with Crippen LogP contribution in [0.1, 0.15) is 11.1 Å². The topological polar surface area (TPSA) is 159 Å². The third-order valence-electron chi connectivity index (χ3n) is 3.87. The predicted octanol–water partition coefficient (Wildman–Crippen LogP) is 3.07. The van der Waals surface area contributed by atoms with Gasteiger partial charge in [-0.15, -0.1) is 0 Å². The van der Waals surface area contributed by atoms with Gasteiger partial charge in [0.25, 0.3) is 11.2 Å². The number of rotatable bonds is 4. The highest BCUT2D eigenvalue weighted by atomic mass is 16.6. The summed E-state index contributed by atoms with van der Waals surface area (Å²) >= 11 is 0. The molecule has 0 spiro atoms. The predicted molar refractivity (Wildman–Crippen MR) is 99.5 cm³/mol. The van der Waals surface area contributed by atoms with Crippen molar-refractivity contribution >= 4 is 11.5 Å². The zero-order chi connectivity index (χ0) is 20.3. The molecule has 1 aromatic heterocycles. The second-order valence-corrected chi connectivity index (χ2v) is 5.60. The summed E-state index contributed by atoms with van der Waals surface area (Å²) in [7, 11) is 0. The molecular weight excluding hydrogens is 362 g/mol. The van der Waals surface area contributed by atoms with Crippen LogP contribution in [-0.2, 0) is 0 Å². The van der Waals surface area contributed by atoms with Gasteiger partial charge in [0.05, 0.1) is 4.92 Å². The number of aromatic amines is 1. The van der Waals surface area contributed by atoms with Gasteiger partial charge >= 0.3 is 0 Å². The lowest BCUT2D eigenvalue weighted by Crippen LogP contribution is -2.16. The van der Waals surface area contributed by atoms with Crippen LogP contribution in [0.2, 0.25) is 0 Å². The molecule has 0 aliphatic heterocycles. The number of hydrogen-bond acceptors (Lipinski definition) is 7. The van der Waals surface area contributed by atoms with E-state index in [1.807, 2.05) is 6.07 Å². The van der Waals surface area contributed by atoms with E-state index in [0.717, 1.165) is 0 Å². The number of anilines is 1. The first-order valence-electron chi connectivity index (χ1n) is 7.83. The van der Waals surface area contributed by atoms with E-state index in [-0.39, 0.29) is 28.2 Å². The molecule has 2 aromatic carbocycles. The molecule has 136 valence electrons. The molecule has 0 bridgehead atoms. The molecule has 0 aliphatic rings. The first-order chi connectivity index (χ1) is 13.4. The smallest absolute Gasteiger partial charge is 0.269 e. The van der Waals surface area contributed by atoms with E-state index in [0.29, 0.717) is 17.1 Å². The molecule has 3 rings (SSSR count). The number of nitrogens with one attached hydrogen (secondary N) is 1. The maximum atomic E-state index is 12.0. The molecule has 0 unspecified atom stereocenters. The van der Waals surface area contributed by atoms with Crippen LogP contribution in [0, 0.1) is 32.8 Å². The standard InChI is InChI=1S/C19H11N5O4/c20-9-15-17(16(10-21)19(25)23-18(15)22)11-2-1-3-14(8-11)28-13-6-4-12(5-7-13)24(26)27/h1-8H,(H3,22,23,25). The largest absolute Gasteiger partial charge is 0.457 e. The number of nitriles is 2. The van der Waals surface area contributed by atoms with Crippen LogP contribution in [0.4, 0.5) is 11.5 Å². The highest BCUT2D eigenvalue weighted by molar-refractivity contribution is 5.80. The van der Waals surface area contributed by atoms with E-state index in [4.69, 9.17) is 10.5 Å². The van der Waals surface area contributed by atoms with E-state index in [1.54, 1.807) is 24.3 Å². The molecule has 0 saturated heterocycles. The Hall–Kier alpha value is -4.63. The zero-order valence-electron chi connectivity index (χ0n) is 14.2. The van der Waals surface area contributed by atoms with Gasteiger partial charge in [0.2, 0.25) is 0 Å². The lowest BCUT2D eigenvalue weighted by Gasteiger charge is -2.11. The Kier molecular flexibility index (Phi) is 4.75. The van der Waals surface area contributed by atoms with Gasteiger partial charge in [0.15, 0.2) is 0 Å². The average Bonchev–Trinajstić information content (AvgIpc) is 2.68. The molecule has 0 saturated carbocycles. The zero-order valence-corrected chi connectivity index (χ0v) is 14.2. The second-order valence-electron chi connectivity index (χ2n) is 5.60. The molecule has 0 amide bonds. The number of ether oxygens (including phenoxy) is 1. The summed E-state index contributed by atoms with van der Waals surface area (Å²) in [6.07, 6.45) is 0. The normalized spacial score (nSPS) is 9.93. The lowest BCUT2D eigenvalue weighted by atomic mass is 9.96. The van der Waals surface area contributed by atoms with Gasteiger partial charge in [-0.05, 0) is 29.8 Å². The fourth-order valence-electron chi connectivity index (χ4n) is 2.62. The van der Waals surface area contributed by atoms with Gasteiger partial charge in [-0.25, -0.2) is 0 Å². The Bertz CT molecular complexity index is 1220. The quantitative estimate of drug-likeness (QED) is 0.525. The minimum absolute atomic E-state index is 0.0244. The highest BCUT2D eigenvalue weighted by Crippen LogP contribution is 2.32. The van der Waals surface area contributed by atoms with Crippen LogP contribution in [0.25, 0.3) is 11.1 Å². The number of aromatic nitrogens is 1. The van der Waals surface area contributed by atoms with Crippen molar-refractivity contribution in [3.63, 3.8) is 0 Å². The van der Waals surface area contributed by atoms with Crippen LogP contribution >= 0.6 is 0 Å². The number of H-pyrrole nitrogens is 1. The van der Waals surface area contributed by atoms with Crippen molar-refractivity contribution < 1.29 is 9.66 Å². The Labute approximate surface area is 158 Å². The summed E-state index contributed by atoms with van der Waals surface area (Å²) < 4.78 is 5.68. The number of hydrogen-bond donors (Lipinski definition) is 2. The van der Waals surface area contributed by atoms with E-state index < -0.39 is 10.5 Å². The third-order valence-corrected chi connectivity index (χ3v) is 3.87. The van der Waals surface area contributed by atoms with Gasteiger partial charge in [-0.3, -0.25) is 14.9 Å². The van der Waals surface area contributed by atoms with Crippen molar-refractivity contribution in [2.24, 2.45) is 0 Å². The van der Waals surface area contributed by atoms with Gasteiger partial charge in [-0.2, -0.15) is 10.5 Å². The van der Waals surface area contributed by atoms with Crippen LogP contribution in [0.5, 0.6) is 11.5 Å². The summed E-state index contributed by atoms with van der Waals surface area (Å²) in [5.74, 6) is 0.565. The number of nitrogens with zero attached hydrogens (tertiary/aromatic N) is 3. The number of nitrogen functional groups attached to an aromatic ring is 1. The second kappa shape index (κ2) is 7.32. The molecule has 1 heterocycles. The van der Waals surface area contributed by atoms with Crippen molar-refractivity contribution in [3.8, 4) is 34.8 Å². The molecule has 3 aromatic rings. The first-order valence-corrected chi connectivity index (χ1v) is 7.83. The molecule has 9 heteroatoms. The SMILES string of the molecule is N#Cc1c(N)[nH]c(=O)c(C#N)c1-c1cccc(Oc2ccc([N+](=O)[O-])cc2)c1. The van der Waals surface area contributed by atoms with Crippen LogP contribution in [-0.4, -0.2) is 9.91 Å². The van der Waals surface area contributed by atoms with Crippen molar-refractivity contribution in [1.82, 2.24) is 4.98 Å². The molecule has 0 atom stereocenters. The summed E-state index contributed by atoms with van der Waals surface area (Å²) in [6, 6.07) is 15.6. The Morgan fingerprint density at radius 3 is 2.32 bits per heavy atom. The fourth-order valence-corrected chi connectivity index (χ4v) is 2.62. The van der Waals surface area contributed by atoms with Crippen LogP contribution in [0.3, 0.4) is 0 Å². The van der Waals surface area contributed by atoms with Crippen LogP contribution < -0.4 is 16.0 Å². The summed E-state index contributed by atoms with van der Waals surface area (Å²) in [5, 5.41) is 29.5. The van der Waals surface area contributed by atoms with Gasteiger partial charge in [-0.1, -0.05) is 12.1 Å². The maximum absolute atomic E-state index is 12.0. The van der Waals surface area contributed by atoms with Gasteiger partial charge in [0.1, 0.15) is 40.6 Å². The molecule has 9 nitrogen and oxygen atoms in total. The molecule has 28 heavy (non-hydrogen) atoms. The number of pyridine rings is 1. The van der Waals surface area contributed by atoms with Gasteiger partial charge < -0.3 is 15.5 Å². The molecular formula is C19H11N5O4. The van der Waals surface area contributed by atoms with E-state index in [1.165, 1.54) is 30.3 Å². The summed E-state index contributed by atoms with van der Waals surface area (Å²) in [4.78, 5) is 24.5. The lowest BCUT2D eigenvalue weighted by molar-refractivity contribution is -0.384. The van der Waals surface area contributed by atoms with Gasteiger partial charge in [0, 0.05) is 17.7 Å². The molecule has 0 aliphatic carbocycles. The first kappa shape index (κ1) is 18.2. The number of non-ortho nitro benzene ring substituents is 1. The Morgan fingerprint density at radius 2 is 1.71 bits per heavy atom. The molecule has 0 fully saturated rings. The monoisotopic (exact) mass is 373 g/mol. The summed E-state index contributed by atoms with van der Waals surface area (Å²) in [6.45, 7) is 0. The number of nitro groups is 1. The average molecular weight is 373 g/mol. The Balaban J connectivity index is 2.06. The minimum atomic E-state index is -0.698. The van der Waals surface area contributed by atoms with Crippen LogP contribution in [0.15, 0.2) is 53.3 Å².